The molecule has 0 radical (unpaired) electrons. The Hall–Kier alpha value is -2.81. The summed E-state index contributed by atoms with van der Waals surface area (Å²) in [4.78, 5) is 4.56. The van der Waals surface area contributed by atoms with E-state index in [-0.39, 0.29) is 12.3 Å². The third-order valence-electron chi connectivity index (χ3n) is 4.72. The average Bonchev–Trinajstić information content (AvgIpc) is 3.44. The molecular weight excluding hydrogens is 396 g/mol. The van der Waals surface area contributed by atoms with Gasteiger partial charge in [0.15, 0.2) is 5.96 Å². The van der Waals surface area contributed by atoms with Crippen molar-refractivity contribution in [2.75, 3.05) is 33.4 Å². The molecule has 1 aromatic heterocycles. The molecule has 0 saturated carbocycles. The van der Waals surface area contributed by atoms with Gasteiger partial charge in [0.2, 0.25) is 0 Å². The Bertz CT molecular complexity index is 794. The highest BCUT2D eigenvalue weighted by Gasteiger charge is 2.16. The number of furan rings is 1. The number of nitrogens with one attached hydrogen (secondary N) is 2. The van der Waals surface area contributed by atoms with Crippen LogP contribution in [0.4, 0.5) is 8.78 Å². The fourth-order valence-corrected chi connectivity index (χ4v) is 3.10. The summed E-state index contributed by atoms with van der Waals surface area (Å²) in [6, 6.07) is 8.43. The van der Waals surface area contributed by atoms with Gasteiger partial charge in [0.1, 0.15) is 17.3 Å². The van der Waals surface area contributed by atoms with Gasteiger partial charge in [-0.15, -0.1) is 0 Å². The van der Waals surface area contributed by atoms with Crippen molar-refractivity contribution < 1.29 is 27.4 Å². The topological polar surface area (TPSA) is 77.2 Å². The molecule has 2 aromatic rings. The molecular formula is C21H27F2N3O4. The lowest BCUT2D eigenvalue weighted by molar-refractivity contribution is -0.0504. The summed E-state index contributed by atoms with van der Waals surface area (Å²) in [5.41, 5.74) is 0.506. The fraction of sp³-hybridized carbons (Fsp3) is 0.476. The van der Waals surface area contributed by atoms with E-state index in [2.05, 4.69) is 20.4 Å². The smallest absolute Gasteiger partial charge is 0.387 e. The first-order chi connectivity index (χ1) is 14.6. The van der Waals surface area contributed by atoms with Crippen molar-refractivity contribution in [3.63, 3.8) is 0 Å². The molecule has 164 valence electrons. The predicted octanol–water partition coefficient (Wildman–Crippen LogP) is 3.20. The second-order valence-corrected chi connectivity index (χ2v) is 6.88. The third kappa shape index (κ3) is 6.91. The average molecular weight is 423 g/mol. The molecule has 1 aliphatic heterocycles. The number of methoxy groups -OCH3 is 1. The van der Waals surface area contributed by atoms with Gasteiger partial charge < -0.3 is 29.3 Å². The van der Waals surface area contributed by atoms with Crippen LogP contribution >= 0.6 is 0 Å². The molecule has 30 heavy (non-hydrogen) atoms. The minimum atomic E-state index is -2.91. The largest absolute Gasteiger partial charge is 0.497 e. The number of halogens is 2. The summed E-state index contributed by atoms with van der Waals surface area (Å²) >= 11 is 0. The normalized spacial score (nSPS) is 16.7. The summed E-state index contributed by atoms with van der Waals surface area (Å²) in [6.07, 6.45) is 3.32. The minimum absolute atomic E-state index is 0.0775. The molecule has 1 saturated heterocycles. The lowest BCUT2D eigenvalue weighted by Crippen LogP contribution is -2.40. The van der Waals surface area contributed by atoms with Gasteiger partial charge in [0.25, 0.3) is 0 Å². The van der Waals surface area contributed by atoms with E-state index >= 15 is 0 Å². The summed E-state index contributed by atoms with van der Waals surface area (Å²) in [6.45, 7) is 0.0471. The first-order valence-corrected chi connectivity index (χ1v) is 9.88. The standard InChI is InChI=1S/C21H27F2N3O4/c1-27-18-4-5-19(30-20(22)23)16(11-18)13-26-21(25-12-15-7-10-28-14-15)24-8-6-17-3-2-9-29-17/h2-5,9,11,15,20H,6-8,10,12-14H2,1H3,(H2,24,25,26). The maximum Gasteiger partial charge on any atom is 0.387 e. The summed E-state index contributed by atoms with van der Waals surface area (Å²) < 4.78 is 46.1. The lowest BCUT2D eigenvalue weighted by atomic mass is 10.1. The zero-order chi connectivity index (χ0) is 21.2. The maximum atomic E-state index is 12.7. The number of ether oxygens (including phenoxy) is 3. The molecule has 2 heterocycles. The van der Waals surface area contributed by atoms with Crippen LogP contribution in [0.3, 0.4) is 0 Å². The molecule has 1 atom stereocenters. The molecule has 1 aliphatic rings. The number of alkyl halides is 2. The van der Waals surface area contributed by atoms with Crippen LogP contribution in [0.5, 0.6) is 11.5 Å². The first-order valence-electron chi connectivity index (χ1n) is 9.88. The Morgan fingerprint density at radius 1 is 1.30 bits per heavy atom. The highest BCUT2D eigenvalue weighted by molar-refractivity contribution is 5.79. The Labute approximate surface area is 174 Å². The Morgan fingerprint density at radius 2 is 2.20 bits per heavy atom. The third-order valence-corrected chi connectivity index (χ3v) is 4.72. The lowest BCUT2D eigenvalue weighted by Gasteiger charge is -2.16. The van der Waals surface area contributed by atoms with Crippen molar-refractivity contribution in [1.82, 2.24) is 10.6 Å². The van der Waals surface area contributed by atoms with Crippen molar-refractivity contribution >= 4 is 5.96 Å². The first kappa shape index (κ1) is 21.9. The van der Waals surface area contributed by atoms with Crippen molar-refractivity contribution in [2.24, 2.45) is 10.9 Å². The van der Waals surface area contributed by atoms with Crippen molar-refractivity contribution in [3.8, 4) is 11.5 Å². The number of hydrogen-bond donors (Lipinski definition) is 2. The number of guanidine groups is 1. The molecule has 3 rings (SSSR count). The number of benzene rings is 1. The minimum Gasteiger partial charge on any atom is -0.497 e. The Balaban J connectivity index is 1.67. The van der Waals surface area contributed by atoms with Gasteiger partial charge >= 0.3 is 6.61 Å². The molecule has 9 heteroatoms. The van der Waals surface area contributed by atoms with Gasteiger partial charge in [0.05, 0.1) is 26.5 Å². The van der Waals surface area contributed by atoms with E-state index in [1.54, 1.807) is 18.4 Å². The zero-order valence-corrected chi connectivity index (χ0v) is 16.9. The van der Waals surface area contributed by atoms with Crippen LogP contribution in [0, 0.1) is 5.92 Å². The summed E-state index contributed by atoms with van der Waals surface area (Å²) in [7, 11) is 1.52. The van der Waals surface area contributed by atoms with Crippen LogP contribution in [0.2, 0.25) is 0 Å². The van der Waals surface area contributed by atoms with Crippen LogP contribution < -0.4 is 20.1 Å². The van der Waals surface area contributed by atoms with Gasteiger partial charge in [-0.05, 0) is 36.8 Å². The molecule has 0 aliphatic carbocycles. The molecule has 7 nitrogen and oxygen atoms in total. The second-order valence-electron chi connectivity index (χ2n) is 6.88. The molecule has 0 spiro atoms. The second kappa shape index (κ2) is 11.4. The van der Waals surface area contributed by atoms with E-state index in [1.807, 2.05) is 12.1 Å². The Morgan fingerprint density at radius 3 is 2.90 bits per heavy atom. The zero-order valence-electron chi connectivity index (χ0n) is 16.9. The molecule has 2 N–H and O–H groups in total. The van der Waals surface area contributed by atoms with E-state index in [9.17, 15) is 8.78 Å². The van der Waals surface area contributed by atoms with Gasteiger partial charge in [-0.2, -0.15) is 8.78 Å². The van der Waals surface area contributed by atoms with E-state index in [4.69, 9.17) is 13.9 Å². The van der Waals surface area contributed by atoms with Gasteiger partial charge in [-0.3, -0.25) is 0 Å². The highest BCUT2D eigenvalue weighted by atomic mass is 19.3. The van der Waals surface area contributed by atoms with Crippen LogP contribution in [0.15, 0.2) is 46.0 Å². The number of aliphatic imine (C=N–C) groups is 1. The maximum absolute atomic E-state index is 12.7. The van der Waals surface area contributed by atoms with Crippen LogP contribution in [-0.4, -0.2) is 46.0 Å². The van der Waals surface area contributed by atoms with Gasteiger partial charge in [-0.25, -0.2) is 4.99 Å². The quantitative estimate of drug-likeness (QED) is 0.452. The molecule has 1 unspecified atom stereocenters. The number of nitrogens with zero attached hydrogens (tertiary/aromatic N) is 1. The van der Waals surface area contributed by atoms with Crippen molar-refractivity contribution in [1.29, 1.82) is 0 Å². The van der Waals surface area contributed by atoms with Crippen LogP contribution in [0.1, 0.15) is 17.7 Å². The number of hydrogen-bond acceptors (Lipinski definition) is 5. The Kier molecular flexibility index (Phi) is 8.31. The molecule has 0 bridgehead atoms. The number of rotatable bonds is 10. The predicted molar refractivity (Wildman–Crippen MR) is 108 cm³/mol. The fourth-order valence-electron chi connectivity index (χ4n) is 3.10. The molecule has 1 aromatic carbocycles. The van der Waals surface area contributed by atoms with Crippen LogP contribution in [-0.2, 0) is 17.7 Å². The van der Waals surface area contributed by atoms with Gasteiger partial charge in [0, 0.05) is 37.6 Å². The summed E-state index contributed by atoms with van der Waals surface area (Å²) in [5.74, 6) is 2.49. The highest BCUT2D eigenvalue weighted by Crippen LogP contribution is 2.26. The van der Waals surface area contributed by atoms with E-state index in [0.717, 1.165) is 25.4 Å². The van der Waals surface area contributed by atoms with Crippen LogP contribution in [0.25, 0.3) is 0 Å². The van der Waals surface area contributed by atoms with E-state index in [0.29, 0.717) is 42.7 Å². The van der Waals surface area contributed by atoms with Crippen molar-refractivity contribution in [3.05, 3.63) is 47.9 Å². The van der Waals surface area contributed by atoms with Gasteiger partial charge in [-0.1, -0.05) is 0 Å². The monoisotopic (exact) mass is 423 g/mol. The molecule has 0 amide bonds. The SMILES string of the molecule is COc1ccc(OC(F)F)c(CN=C(NCCc2ccco2)NCC2CCOC2)c1. The molecule has 1 fully saturated rings. The van der Waals surface area contributed by atoms with Crippen molar-refractivity contribution in [2.45, 2.75) is 26.0 Å². The van der Waals surface area contributed by atoms with E-state index < -0.39 is 6.61 Å². The van der Waals surface area contributed by atoms with E-state index in [1.165, 1.54) is 13.2 Å². The summed E-state index contributed by atoms with van der Waals surface area (Å²) in [5, 5.41) is 6.57.